The topological polar surface area (TPSA) is 15.3 Å². The zero-order valence-corrected chi connectivity index (χ0v) is 15.4. The Labute approximate surface area is 128 Å². The van der Waals surface area contributed by atoms with E-state index in [9.17, 15) is 0 Å². The molecule has 0 saturated carbocycles. The van der Waals surface area contributed by atoms with E-state index >= 15 is 0 Å². The van der Waals surface area contributed by atoms with Crippen LogP contribution in [0, 0.1) is 11.8 Å². The van der Waals surface area contributed by atoms with Crippen LogP contribution in [0.3, 0.4) is 0 Å². The monoisotopic (exact) mass is 284 g/mol. The molecule has 20 heavy (non-hydrogen) atoms. The Morgan fingerprint density at radius 3 is 1.70 bits per heavy atom. The summed E-state index contributed by atoms with van der Waals surface area (Å²) in [7, 11) is 0. The second kappa shape index (κ2) is 9.78. The summed E-state index contributed by atoms with van der Waals surface area (Å²) in [6.07, 6.45) is 3.79. The fraction of sp³-hybridized carbons (Fsp3) is 1.00. The molecule has 122 valence electrons. The zero-order chi connectivity index (χ0) is 15.8. The quantitative estimate of drug-likeness (QED) is 0.599. The van der Waals surface area contributed by atoms with Crippen molar-refractivity contribution in [1.82, 2.24) is 10.2 Å². The Hall–Kier alpha value is -0.0800. The van der Waals surface area contributed by atoms with Crippen LogP contribution in [0.2, 0.25) is 0 Å². The van der Waals surface area contributed by atoms with E-state index in [-0.39, 0.29) is 5.54 Å². The number of rotatable bonds is 11. The summed E-state index contributed by atoms with van der Waals surface area (Å²) >= 11 is 0. The molecule has 0 aromatic carbocycles. The van der Waals surface area contributed by atoms with Crippen LogP contribution in [-0.4, -0.2) is 36.1 Å². The van der Waals surface area contributed by atoms with Gasteiger partial charge in [-0.2, -0.15) is 0 Å². The summed E-state index contributed by atoms with van der Waals surface area (Å²) in [4.78, 5) is 2.68. The van der Waals surface area contributed by atoms with Crippen molar-refractivity contribution in [2.45, 2.75) is 86.2 Å². The second-order valence-corrected chi connectivity index (χ2v) is 7.87. The molecule has 1 N–H and O–H groups in total. The van der Waals surface area contributed by atoms with Gasteiger partial charge in [0.2, 0.25) is 0 Å². The number of hydrogen-bond donors (Lipinski definition) is 1. The van der Waals surface area contributed by atoms with Crippen molar-refractivity contribution in [1.29, 1.82) is 0 Å². The summed E-state index contributed by atoms with van der Waals surface area (Å²) < 4.78 is 0. The van der Waals surface area contributed by atoms with Crippen LogP contribution in [0.25, 0.3) is 0 Å². The van der Waals surface area contributed by atoms with Crippen LogP contribution in [0.15, 0.2) is 0 Å². The van der Waals surface area contributed by atoms with E-state index in [1.165, 1.54) is 32.4 Å². The van der Waals surface area contributed by atoms with Crippen LogP contribution in [-0.2, 0) is 0 Å². The van der Waals surface area contributed by atoms with E-state index < -0.39 is 0 Å². The summed E-state index contributed by atoms with van der Waals surface area (Å²) in [5, 5.41) is 3.72. The molecule has 0 rings (SSSR count). The lowest BCUT2D eigenvalue weighted by Crippen LogP contribution is -2.48. The molecule has 0 aliphatic rings. The van der Waals surface area contributed by atoms with Gasteiger partial charge in [0.15, 0.2) is 0 Å². The lowest BCUT2D eigenvalue weighted by atomic mass is 10.0. The maximum atomic E-state index is 3.72. The molecular weight excluding hydrogens is 244 g/mol. The Morgan fingerprint density at radius 2 is 1.35 bits per heavy atom. The molecule has 0 heterocycles. The molecule has 0 spiro atoms. The van der Waals surface area contributed by atoms with Crippen molar-refractivity contribution in [3.8, 4) is 0 Å². The van der Waals surface area contributed by atoms with E-state index in [4.69, 9.17) is 0 Å². The molecule has 0 amide bonds. The summed E-state index contributed by atoms with van der Waals surface area (Å²) in [6.45, 7) is 22.1. The van der Waals surface area contributed by atoms with E-state index in [2.05, 4.69) is 65.6 Å². The lowest BCUT2D eigenvalue weighted by Gasteiger charge is -2.34. The molecule has 0 aromatic heterocycles. The number of nitrogens with zero attached hydrogens (tertiary/aromatic N) is 1. The first-order valence-electron chi connectivity index (χ1n) is 8.67. The molecule has 0 saturated heterocycles. The molecule has 2 heteroatoms. The van der Waals surface area contributed by atoms with Gasteiger partial charge in [0.1, 0.15) is 0 Å². The first-order valence-corrected chi connectivity index (χ1v) is 8.67. The molecule has 0 radical (unpaired) electrons. The average molecular weight is 285 g/mol. The van der Waals surface area contributed by atoms with Crippen molar-refractivity contribution >= 4 is 0 Å². The third-order valence-electron chi connectivity index (χ3n) is 4.37. The first kappa shape index (κ1) is 19.9. The summed E-state index contributed by atoms with van der Waals surface area (Å²) in [5.41, 5.74) is 0.260. The predicted octanol–water partition coefficient (Wildman–Crippen LogP) is 4.55. The fourth-order valence-electron chi connectivity index (χ4n) is 2.08. The minimum absolute atomic E-state index is 0.260. The molecule has 0 aliphatic heterocycles. The highest BCUT2D eigenvalue weighted by atomic mass is 15.2. The molecular formula is C18H40N2. The summed E-state index contributed by atoms with van der Waals surface area (Å²) in [5.74, 6) is 1.59. The Morgan fingerprint density at radius 1 is 0.900 bits per heavy atom. The van der Waals surface area contributed by atoms with Crippen LogP contribution < -0.4 is 5.32 Å². The molecule has 0 bridgehead atoms. The smallest absolute Gasteiger partial charge is 0.0192 e. The average Bonchev–Trinajstić information content (AvgIpc) is 2.35. The molecule has 0 aliphatic carbocycles. The van der Waals surface area contributed by atoms with Gasteiger partial charge in [0, 0.05) is 18.1 Å². The third-order valence-corrected chi connectivity index (χ3v) is 4.37. The van der Waals surface area contributed by atoms with Crippen molar-refractivity contribution in [3.05, 3.63) is 0 Å². The maximum absolute atomic E-state index is 3.72. The standard InChI is InChI=1S/C18H40N2/c1-9-18(7,8)19-14-17(6)20(12-10-15(2)3)13-11-16(4)5/h15-17,19H,9-14H2,1-8H3. The maximum Gasteiger partial charge on any atom is 0.0192 e. The van der Waals surface area contributed by atoms with Gasteiger partial charge in [0.05, 0.1) is 0 Å². The van der Waals surface area contributed by atoms with Gasteiger partial charge in [-0.25, -0.2) is 0 Å². The van der Waals surface area contributed by atoms with Crippen LogP contribution in [0.1, 0.15) is 74.7 Å². The van der Waals surface area contributed by atoms with Gasteiger partial charge in [-0.15, -0.1) is 0 Å². The van der Waals surface area contributed by atoms with Crippen molar-refractivity contribution in [2.75, 3.05) is 19.6 Å². The predicted molar refractivity (Wildman–Crippen MR) is 92.3 cm³/mol. The van der Waals surface area contributed by atoms with Crippen LogP contribution >= 0.6 is 0 Å². The lowest BCUT2D eigenvalue weighted by molar-refractivity contribution is 0.174. The zero-order valence-electron chi connectivity index (χ0n) is 15.4. The number of hydrogen-bond acceptors (Lipinski definition) is 2. The first-order chi connectivity index (χ1) is 9.18. The largest absolute Gasteiger partial charge is 0.310 e. The van der Waals surface area contributed by atoms with Gasteiger partial charge >= 0.3 is 0 Å². The SMILES string of the molecule is CCC(C)(C)NCC(C)N(CCC(C)C)CCC(C)C. The molecule has 1 unspecified atom stereocenters. The summed E-state index contributed by atoms with van der Waals surface area (Å²) in [6, 6.07) is 0.623. The normalized spacial score (nSPS) is 14.6. The van der Waals surface area contributed by atoms with Gasteiger partial charge in [-0.05, 0) is 65.0 Å². The van der Waals surface area contributed by atoms with E-state index in [1.54, 1.807) is 0 Å². The minimum atomic E-state index is 0.260. The highest BCUT2D eigenvalue weighted by Gasteiger charge is 2.19. The van der Waals surface area contributed by atoms with E-state index in [0.717, 1.165) is 18.4 Å². The van der Waals surface area contributed by atoms with Crippen molar-refractivity contribution in [2.24, 2.45) is 11.8 Å². The van der Waals surface area contributed by atoms with Gasteiger partial charge < -0.3 is 5.32 Å². The molecule has 2 nitrogen and oxygen atoms in total. The van der Waals surface area contributed by atoms with Crippen LogP contribution in [0.5, 0.6) is 0 Å². The van der Waals surface area contributed by atoms with Gasteiger partial charge in [0.25, 0.3) is 0 Å². The fourth-order valence-corrected chi connectivity index (χ4v) is 2.08. The highest BCUT2D eigenvalue weighted by Crippen LogP contribution is 2.12. The van der Waals surface area contributed by atoms with E-state index in [0.29, 0.717) is 6.04 Å². The van der Waals surface area contributed by atoms with E-state index in [1.807, 2.05) is 0 Å². The second-order valence-electron chi connectivity index (χ2n) is 7.87. The Balaban J connectivity index is 4.34. The Bertz CT molecular complexity index is 222. The number of nitrogens with one attached hydrogen (secondary N) is 1. The molecule has 1 atom stereocenters. The molecule has 0 fully saturated rings. The van der Waals surface area contributed by atoms with Crippen molar-refractivity contribution in [3.63, 3.8) is 0 Å². The third kappa shape index (κ3) is 9.77. The van der Waals surface area contributed by atoms with Gasteiger partial charge in [-0.3, -0.25) is 4.90 Å². The molecule has 0 aromatic rings. The highest BCUT2D eigenvalue weighted by molar-refractivity contribution is 4.79. The Kier molecular flexibility index (Phi) is 9.74. The minimum Gasteiger partial charge on any atom is -0.310 e. The van der Waals surface area contributed by atoms with Crippen LogP contribution in [0.4, 0.5) is 0 Å². The van der Waals surface area contributed by atoms with Gasteiger partial charge in [-0.1, -0.05) is 34.6 Å². The van der Waals surface area contributed by atoms with Crippen molar-refractivity contribution < 1.29 is 0 Å².